The number of aromatic nitrogens is 5. The quantitative estimate of drug-likeness (QED) is 0.0512. The zero-order chi connectivity index (χ0) is 45.3. The van der Waals surface area contributed by atoms with E-state index in [0.717, 1.165) is 50.0 Å². The van der Waals surface area contributed by atoms with Gasteiger partial charge in [-0.05, 0) is 60.7 Å². The number of phenols is 1. The average Bonchev–Trinajstić information content (AvgIpc) is 3.94. The summed E-state index contributed by atoms with van der Waals surface area (Å²) < 4.78 is 1.74. The monoisotopic (exact) mass is 908 g/mol. The second kappa shape index (κ2) is 20.8. The summed E-state index contributed by atoms with van der Waals surface area (Å²) in [6.45, 7) is 3.59. The fourth-order valence-corrected chi connectivity index (χ4v) is 8.41. The summed E-state index contributed by atoms with van der Waals surface area (Å²) in [7, 11) is 0. The Morgan fingerprint density at radius 3 is 2.30 bits per heavy atom. The molecule has 8 N–H and O–H groups in total. The minimum Gasteiger partial charge on any atom is -0.508 e. The van der Waals surface area contributed by atoms with Crippen molar-refractivity contribution in [2.45, 2.75) is 65.0 Å². The number of carbonyl (C=O) groups excluding carboxylic acids is 4. The molecule has 0 saturated heterocycles. The van der Waals surface area contributed by atoms with E-state index in [-0.39, 0.29) is 48.2 Å². The Morgan fingerprint density at radius 2 is 1.59 bits per heavy atom. The Hall–Kier alpha value is -6.49. The Morgan fingerprint density at radius 1 is 0.875 bits per heavy atom. The molecule has 0 fully saturated rings. The third-order valence-corrected chi connectivity index (χ3v) is 12.1. The van der Waals surface area contributed by atoms with Crippen LogP contribution in [0.15, 0.2) is 67.1 Å². The van der Waals surface area contributed by atoms with E-state index in [9.17, 15) is 29.4 Å². The molecule has 0 saturated carbocycles. The number of nitrogen functional groups attached to an aromatic ring is 1. The normalized spacial score (nSPS) is 12.3. The third-order valence-electron chi connectivity index (χ3n) is 11.3. The van der Waals surface area contributed by atoms with E-state index in [1.165, 1.54) is 0 Å². The Labute approximate surface area is 379 Å². The number of H-pyrrole nitrogens is 1. The molecule has 4 aromatic heterocycles. The van der Waals surface area contributed by atoms with E-state index in [0.29, 0.717) is 98.2 Å². The lowest BCUT2D eigenvalue weighted by atomic mass is 9.92. The smallest absolute Gasteiger partial charge is 0.269 e. The van der Waals surface area contributed by atoms with Crippen LogP contribution >= 0.6 is 23.2 Å². The number of fused-ring (bicyclic) bond motifs is 3. The second-order valence-electron chi connectivity index (χ2n) is 15.5. The number of hydrogen-bond donors (Lipinski definition) is 7. The van der Waals surface area contributed by atoms with Gasteiger partial charge < -0.3 is 41.8 Å². The van der Waals surface area contributed by atoms with Crippen molar-refractivity contribution in [3.05, 3.63) is 99.7 Å². The van der Waals surface area contributed by atoms with E-state index >= 15 is 0 Å². The number of aliphatic hydroxyl groups is 1. The number of hydrogen-bond acceptors (Lipinski definition) is 10. The van der Waals surface area contributed by atoms with Crippen LogP contribution in [0.5, 0.6) is 5.75 Å². The molecular weight excluding hydrogens is 859 g/mol. The minimum atomic E-state index is -0.556. The number of nitrogens with zero attached hydrogens (tertiary/aromatic N) is 5. The van der Waals surface area contributed by atoms with Gasteiger partial charge >= 0.3 is 0 Å². The summed E-state index contributed by atoms with van der Waals surface area (Å²) in [4.78, 5) is 63.8. The fraction of sp³-hybridized carbons (Fsp3) is 0.326. The van der Waals surface area contributed by atoms with Crippen LogP contribution in [0.2, 0.25) is 10.0 Å². The van der Waals surface area contributed by atoms with Gasteiger partial charge in [-0.2, -0.15) is 5.10 Å². The van der Waals surface area contributed by atoms with Gasteiger partial charge in [-0.3, -0.25) is 28.8 Å². The number of anilines is 1. The number of aromatic hydroxyl groups is 1. The molecule has 0 radical (unpaired) electrons. The first kappa shape index (κ1) is 45.5. The molecule has 7 rings (SSSR count). The number of aliphatic hydroxyl groups excluding tert-OH is 1. The van der Waals surface area contributed by atoms with E-state index in [1.807, 2.05) is 25.3 Å². The highest BCUT2D eigenvalue weighted by Crippen LogP contribution is 2.42. The van der Waals surface area contributed by atoms with Crippen LogP contribution in [0.25, 0.3) is 44.4 Å². The van der Waals surface area contributed by atoms with Crippen molar-refractivity contribution in [2.24, 2.45) is 0 Å². The number of halogens is 2. The van der Waals surface area contributed by atoms with Crippen molar-refractivity contribution in [1.29, 1.82) is 0 Å². The molecule has 2 aromatic carbocycles. The summed E-state index contributed by atoms with van der Waals surface area (Å²) in [5.74, 6) is -0.379. The van der Waals surface area contributed by atoms with E-state index in [2.05, 4.69) is 30.9 Å². The molecule has 64 heavy (non-hydrogen) atoms. The Balaban J connectivity index is 0.788. The van der Waals surface area contributed by atoms with Crippen molar-refractivity contribution >= 4 is 63.6 Å². The van der Waals surface area contributed by atoms with Crippen molar-refractivity contribution in [2.75, 3.05) is 38.5 Å². The first-order valence-corrected chi connectivity index (χ1v) is 22.0. The number of pyridine rings is 2. The van der Waals surface area contributed by atoms with Crippen LogP contribution in [0.4, 0.5) is 5.82 Å². The highest BCUT2D eigenvalue weighted by molar-refractivity contribution is 6.45. The van der Waals surface area contributed by atoms with Gasteiger partial charge in [0, 0.05) is 109 Å². The number of unbranched alkanes of at least 4 members (excludes halogenated alkanes) is 2. The maximum absolute atomic E-state index is 12.8. The van der Waals surface area contributed by atoms with Crippen molar-refractivity contribution in [3.8, 4) is 39.3 Å². The summed E-state index contributed by atoms with van der Waals surface area (Å²) in [5, 5.41) is 34.0. The molecule has 334 valence electrons. The third kappa shape index (κ3) is 10.5. The number of carbonyl (C=O) groups is 4. The van der Waals surface area contributed by atoms with Gasteiger partial charge in [-0.1, -0.05) is 54.7 Å². The van der Waals surface area contributed by atoms with E-state index < -0.39 is 6.61 Å². The average molecular weight is 910 g/mol. The fourth-order valence-electron chi connectivity index (χ4n) is 8.01. The number of aromatic amines is 1. The highest BCUT2D eigenvalue weighted by Gasteiger charge is 2.27. The zero-order valence-corrected chi connectivity index (χ0v) is 36.9. The molecule has 0 aliphatic carbocycles. The molecule has 5 heterocycles. The zero-order valence-electron chi connectivity index (χ0n) is 35.3. The van der Waals surface area contributed by atoms with Crippen LogP contribution < -0.4 is 21.7 Å². The van der Waals surface area contributed by atoms with Crippen molar-refractivity contribution in [3.63, 3.8) is 0 Å². The van der Waals surface area contributed by atoms with Crippen LogP contribution in [-0.2, 0) is 40.3 Å². The number of phenolic OH excluding ortho intramolecular Hbond substituents is 1. The van der Waals surface area contributed by atoms with Crippen LogP contribution in [0, 0.1) is 0 Å². The molecule has 0 unspecified atom stereocenters. The number of nitrogens with two attached hydrogens (primary N) is 1. The molecule has 6 aromatic rings. The molecular formula is C46H50Cl2N10O6. The number of nitrogens with one attached hydrogen (secondary N) is 4. The predicted molar refractivity (Wildman–Crippen MR) is 246 cm³/mol. The van der Waals surface area contributed by atoms with E-state index in [4.69, 9.17) is 34.0 Å². The summed E-state index contributed by atoms with van der Waals surface area (Å²) >= 11 is 13.1. The highest BCUT2D eigenvalue weighted by atomic mass is 35.5. The minimum absolute atomic E-state index is 0.0865. The first-order valence-electron chi connectivity index (χ1n) is 21.2. The van der Waals surface area contributed by atoms with Crippen LogP contribution in [0.3, 0.4) is 0 Å². The van der Waals surface area contributed by atoms with Gasteiger partial charge in [-0.25, -0.2) is 4.98 Å². The SMILES string of the molecule is CCc1c(-c2ccc(C(=O)NCCNC(=O)CCCCCC(=O)NCCn3ccc(-c4cc(Cl)c(Cl)c5[nH]c6c(c45)CN(C(=O)CO)CC6)n3)nc2)cnc(N)c1-c1ccc(O)cc1. The van der Waals surface area contributed by atoms with Crippen LogP contribution in [0.1, 0.15) is 66.3 Å². The van der Waals surface area contributed by atoms with Crippen molar-refractivity contribution < 1.29 is 29.4 Å². The molecule has 4 amide bonds. The van der Waals surface area contributed by atoms with Gasteiger partial charge in [0.05, 0.1) is 27.8 Å². The number of amides is 4. The van der Waals surface area contributed by atoms with Crippen molar-refractivity contribution in [1.82, 2.24) is 45.6 Å². The lowest BCUT2D eigenvalue weighted by Gasteiger charge is -2.26. The molecule has 1 aliphatic rings. The summed E-state index contributed by atoms with van der Waals surface area (Å²) in [6, 6.07) is 13.9. The summed E-state index contributed by atoms with van der Waals surface area (Å²) in [6.07, 6.45) is 9.02. The maximum atomic E-state index is 12.8. The topological polar surface area (TPSA) is 233 Å². The molecule has 0 spiro atoms. The van der Waals surface area contributed by atoms with Gasteiger partial charge in [0.2, 0.25) is 17.7 Å². The maximum Gasteiger partial charge on any atom is 0.269 e. The van der Waals surface area contributed by atoms with Gasteiger partial charge in [0.25, 0.3) is 5.91 Å². The second-order valence-corrected chi connectivity index (χ2v) is 16.3. The van der Waals surface area contributed by atoms with Gasteiger partial charge in [0.15, 0.2) is 0 Å². The molecule has 18 heteroatoms. The van der Waals surface area contributed by atoms with Gasteiger partial charge in [0.1, 0.15) is 23.9 Å². The first-order chi connectivity index (χ1) is 30.9. The van der Waals surface area contributed by atoms with Crippen LogP contribution in [-0.4, -0.2) is 96.3 Å². The molecule has 0 atom stereocenters. The Bertz CT molecular complexity index is 2660. The number of rotatable bonds is 18. The van der Waals surface area contributed by atoms with Gasteiger partial charge in [-0.15, -0.1) is 0 Å². The van der Waals surface area contributed by atoms with E-state index in [1.54, 1.807) is 58.4 Å². The lowest BCUT2D eigenvalue weighted by Crippen LogP contribution is -2.37. The summed E-state index contributed by atoms with van der Waals surface area (Å²) in [5.41, 5.74) is 14.7. The standard InChI is InChI=1S/C46H50Cl2N10O6/c1-2-30-32(24-54-45(49)41(30)27-8-11-29(60)12-9-27)28-10-13-37(53-23-28)46(64)52-17-16-50-38(61)6-4-3-5-7-39(62)51-18-21-58-20-15-36(56-58)31-22-34(47)43(48)44-42(31)33-25-57(40(63)26-59)19-14-35(33)55-44/h8-13,15,20,22-24,55,59-60H,2-7,14,16-19,21,25-26H2,1H3,(H2,49,54)(H,50,61)(H,51,62)(H,52,64). The number of benzene rings is 2. The molecule has 16 nitrogen and oxygen atoms in total. The largest absolute Gasteiger partial charge is 0.508 e. The lowest BCUT2D eigenvalue weighted by molar-refractivity contribution is -0.135. The molecule has 1 aliphatic heterocycles. The predicted octanol–water partition coefficient (Wildman–Crippen LogP) is 5.80. The Kier molecular flexibility index (Phi) is 14.8. The molecule has 0 bridgehead atoms.